The average molecular weight is 400 g/mol. The number of rotatable bonds is 6. The van der Waals surface area contributed by atoms with Crippen LogP contribution in [0, 0.1) is 0 Å². The van der Waals surface area contributed by atoms with E-state index in [1.54, 1.807) is 0 Å². The van der Waals surface area contributed by atoms with E-state index in [1.165, 1.54) is 18.1 Å². The van der Waals surface area contributed by atoms with Gasteiger partial charge in [0, 0.05) is 17.9 Å². The second-order valence-corrected chi connectivity index (χ2v) is 7.82. The van der Waals surface area contributed by atoms with Crippen LogP contribution in [0.2, 0.25) is 0 Å². The molecule has 3 aromatic rings. The van der Waals surface area contributed by atoms with Crippen LogP contribution in [0.4, 0.5) is 10.2 Å². The molecule has 28 heavy (non-hydrogen) atoms. The molecule has 4 rings (SSSR count). The lowest BCUT2D eigenvalue weighted by Gasteiger charge is -2.13. The number of nitrogens with zero attached hydrogens (tertiary/aromatic N) is 4. The van der Waals surface area contributed by atoms with Gasteiger partial charge in [0.15, 0.2) is 22.1 Å². The fourth-order valence-corrected chi connectivity index (χ4v) is 4.68. The molecule has 1 aromatic carbocycles. The minimum absolute atomic E-state index is 0.153. The highest BCUT2D eigenvalue weighted by molar-refractivity contribution is 7.99. The number of nitrogen functional groups attached to an aromatic ring is 1. The van der Waals surface area contributed by atoms with Crippen LogP contribution in [0.25, 0.3) is 11.2 Å². The molecule has 0 saturated carbocycles. The maximum atomic E-state index is 14.3. The number of primary amides is 1. The SMILES string of the molecule is CCc1cc2c(cc1Sc1nc3c(N)ncnc3n1CCC(N)=O)C(F)CC2. The minimum Gasteiger partial charge on any atom is -0.382 e. The Bertz CT molecular complexity index is 1070. The highest BCUT2D eigenvalue weighted by Gasteiger charge is 2.25. The van der Waals surface area contributed by atoms with E-state index in [4.69, 9.17) is 11.5 Å². The zero-order chi connectivity index (χ0) is 19.8. The Hall–Kier alpha value is -2.68. The van der Waals surface area contributed by atoms with Gasteiger partial charge in [0.05, 0.1) is 0 Å². The van der Waals surface area contributed by atoms with Gasteiger partial charge < -0.3 is 16.0 Å². The van der Waals surface area contributed by atoms with Crippen LogP contribution in [0.3, 0.4) is 0 Å². The van der Waals surface area contributed by atoms with E-state index in [-0.39, 0.29) is 12.2 Å². The number of imidazole rings is 1. The van der Waals surface area contributed by atoms with Gasteiger partial charge in [-0.25, -0.2) is 19.3 Å². The van der Waals surface area contributed by atoms with E-state index in [0.717, 1.165) is 34.4 Å². The first-order valence-electron chi connectivity index (χ1n) is 9.20. The molecule has 0 fully saturated rings. The molecule has 9 heteroatoms. The van der Waals surface area contributed by atoms with Gasteiger partial charge in [-0.3, -0.25) is 4.79 Å². The van der Waals surface area contributed by atoms with E-state index in [1.807, 2.05) is 10.6 Å². The standard InChI is InChI=1S/C19H21FN6OS/c1-2-10-7-11-3-4-13(20)12(11)8-14(10)28-19-25-16-17(22)23-9-24-18(16)26(19)6-5-15(21)27/h7-9,13H,2-6H2,1H3,(H2,21,27)(H2,22,23,24). The maximum Gasteiger partial charge on any atom is 0.219 e. The lowest BCUT2D eigenvalue weighted by molar-refractivity contribution is -0.118. The number of aromatic nitrogens is 4. The quantitative estimate of drug-likeness (QED) is 0.658. The van der Waals surface area contributed by atoms with Crippen LogP contribution < -0.4 is 11.5 Å². The van der Waals surface area contributed by atoms with E-state index in [0.29, 0.717) is 29.3 Å². The Morgan fingerprint density at radius 3 is 2.96 bits per heavy atom. The van der Waals surface area contributed by atoms with Crippen LogP contribution in [0.15, 0.2) is 28.5 Å². The first kappa shape index (κ1) is 18.7. The molecule has 0 aliphatic heterocycles. The molecule has 0 spiro atoms. The Kier molecular flexibility index (Phi) is 4.92. The number of benzene rings is 1. The summed E-state index contributed by atoms with van der Waals surface area (Å²) in [5, 5.41) is 0.631. The molecule has 2 heterocycles. The largest absolute Gasteiger partial charge is 0.382 e. The van der Waals surface area contributed by atoms with Crippen LogP contribution in [0.1, 0.15) is 42.6 Å². The average Bonchev–Trinajstić information content (AvgIpc) is 3.21. The smallest absolute Gasteiger partial charge is 0.219 e. The van der Waals surface area contributed by atoms with Gasteiger partial charge in [0.25, 0.3) is 0 Å². The van der Waals surface area contributed by atoms with Crippen molar-refractivity contribution >= 4 is 34.7 Å². The van der Waals surface area contributed by atoms with Crippen molar-refractivity contribution in [3.05, 3.63) is 35.2 Å². The van der Waals surface area contributed by atoms with E-state index in [9.17, 15) is 9.18 Å². The van der Waals surface area contributed by atoms with E-state index in [2.05, 4.69) is 27.9 Å². The van der Waals surface area contributed by atoms with Crippen molar-refractivity contribution in [1.29, 1.82) is 0 Å². The number of amides is 1. The third-order valence-electron chi connectivity index (χ3n) is 5.02. The number of carbonyl (C=O) groups excluding carboxylic acids is 1. The molecule has 1 atom stereocenters. The molecule has 1 aliphatic rings. The van der Waals surface area contributed by atoms with Crippen LogP contribution >= 0.6 is 11.8 Å². The molecule has 1 amide bonds. The molecule has 1 aliphatic carbocycles. The molecule has 4 N–H and O–H groups in total. The topological polar surface area (TPSA) is 113 Å². The van der Waals surface area contributed by atoms with Crippen molar-refractivity contribution in [2.75, 3.05) is 5.73 Å². The molecule has 7 nitrogen and oxygen atoms in total. The first-order valence-corrected chi connectivity index (χ1v) is 10.0. The Labute approximate surface area is 165 Å². The van der Waals surface area contributed by atoms with Crippen molar-refractivity contribution < 1.29 is 9.18 Å². The summed E-state index contributed by atoms with van der Waals surface area (Å²) in [4.78, 5) is 25.1. The third-order valence-corrected chi connectivity index (χ3v) is 6.11. The Balaban J connectivity index is 1.79. The number of hydrogen-bond acceptors (Lipinski definition) is 6. The van der Waals surface area contributed by atoms with Crippen LogP contribution in [0.5, 0.6) is 0 Å². The number of alkyl halides is 1. The van der Waals surface area contributed by atoms with E-state index >= 15 is 0 Å². The molecular weight excluding hydrogens is 379 g/mol. The summed E-state index contributed by atoms with van der Waals surface area (Å²) in [5.41, 5.74) is 15.3. The second kappa shape index (κ2) is 7.38. The fraction of sp³-hybridized carbons (Fsp3) is 0.368. The molecule has 146 valence electrons. The number of carbonyl (C=O) groups is 1. The van der Waals surface area contributed by atoms with Crippen LogP contribution in [-0.2, 0) is 24.2 Å². The highest BCUT2D eigenvalue weighted by Crippen LogP contribution is 2.40. The van der Waals surface area contributed by atoms with Crippen LogP contribution in [-0.4, -0.2) is 25.4 Å². The minimum atomic E-state index is -0.921. The lowest BCUT2D eigenvalue weighted by Crippen LogP contribution is -2.14. The van der Waals surface area contributed by atoms with Gasteiger partial charge in [-0.15, -0.1) is 0 Å². The zero-order valence-electron chi connectivity index (χ0n) is 15.5. The van der Waals surface area contributed by atoms with Gasteiger partial charge in [-0.1, -0.05) is 24.8 Å². The van der Waals surface area contributed by atoms with Gasteiger partial charge >= 0.3 is 0 Å². The Morgan fingerprint density at radius 2 is 2.21 bits per heavy atom. The van der Waals surface area contributed by atoms with E-state index < -0.39 is 12.1 Å². The van der Waals surface area contributed by atoms with Crippen molar-refractivity contribution in [3.63, 3.8) is 0 Å². The normalized spacial score (nSPS) is 15.9. The lowest BCUT2D eigenvalue weighted by atomic mass is 10.0. The monoisotopic (exact) mass is 400 g/mol. The summed E-state index contributed by atoms with van der Waals surface area (Å²) in [6.45, 7) is 2.41. The van der Waals surface area contributed by atoms with Gasteiger partial charge in [-0.05, 0) is 42.0 Å². The number of anilines is 1. The summed E-state index contributed by atoms with van der Waals surface area (Å²) < 4.78 is 16.1. The maximum absolute atomic E-state index is 14.3. The first-order chi connectivity index (χ1) is 13.5. The zero-order valence-corrected chi connectivity index (χ0v) is 16.3. The molecule has 0 radical (unpaired) electrons. The summed E-state index contributed by atoms with van der Waals surface area (Å²) in [7, 11) is 0. The van der Waals surface area contributed by atoms with Crippen molar-refractivity contribution in [2.24, 2.45) is 5.73 Å². The summed E-state index contributed by atoms with van der Waals surface area (Å²) in [5.74, 6) is -0.134. The summed E-state index contributed by atoms with van der Waals surface area (Å²) in [6, 6.07) is 4.03. The molecule has 0 bridgehead atoms. The van der Waals surface area contributed by atoms with Crippen molar-refractivity contribution in [1.82, 2.24) is 19.5 Å². The number of hydrogen-bond donors (Lipinski definition) is 2. The third kappa shape index (κ3) is 3.30. The van der Waals surface area contributed by atoms with Gasteiger partial charge in [0.2, 0.25) is 5.91 Å². The fourth-order valence-electron chi connectivity index (χ4n) is 3.54. The molecule has 0 saturated heterocycles. The molecule has 2 aromatic heterocycles. The number of fused-ring (bicyclic) bond motifs is 2. The number of halogens is 1. The molecule has 1 unspecified atom stereocenters. The summed E-state index contributed by atoms with van der Waals surface area (Å²) in [6.07, 6.45) is 2.74. The van der Waals surface area contributed by atoms with Gasteiger partial charge in [-0.2, -0.15) is 0 Å². The second-order valence-electron chi connectivity index (χ2n) is 6.81. The van der Waals surface area contributed by atoms with Crippen molar-refractivity contribution in [3.8, 4) is 0 Å². The predicted octanol–water partition coefficient (Wildman–Crippen LogP) is 2.95. The summed E-state index contributed by atoms with van der Waals surface area (Å²) >= 11 is 1.43. The number of nitrogens with two attached hydrogens (primary N) is 2. The predicted molar refractivity (Wildman–Crippen MR) is 106 cm³/mol. The molecular formula is C19H21FN6OS. The van der Waals surface area contributed by atoms with Gasteiger partial charge in [0.1, 0.15) is 12.5 Å². The Morgan fingerprint density at radius 1 is 1.39 bits per heavy atom. The number of aryl methyl sites for hydroxylation is 3. The highest BCUT2D eigenvalue weighted by atomic mass is 32.2. The van der Waals surface area contributed by atoms with Crippen molar-refractivity contribution in [2.45, 2.75) is 55.4 Å².